The number of aromatic hydroxyl groups is 1. The van der Waals surface area contributed by atoms with E-state index in [9.17, 15) is 29.7 Å². The Kier molecular flexibility index (Phi) is 9.62. The zero-order chi connectivity index (χ0) is 24.5. The minimum atomic E-state index is -1.59. The molecule has 0 fully saturated rings. The van der Waals surface area contributed by atoms with Crippen LogP contribution in [-0.2, 0) is 14.3 Å². The van der Waals surface area contributed by atoms with Gasteiger partial charge in [0.05, 0.1) is 12.7 Å². The molecule has 0 radical (unpaired) electrons. The van der Waals surface area contributed by atoms with Crippen LogP contribution in [0.1, 0.15) is 49.5 Å². The third-order valence-electron chi connectivity index (χ3n) is 5.22. The van der Waals surface area contributed by atoms with Gasteiger partial charge in [-0.1, -0.05) is 25.2 Å². The summed E-state index contributed by atoms with van der Waals surface area (Å²) in [4.78, 5) is 35.8. The summed E-state index contributed by atoms with van der Waals surface area (Å²) in [6.07, 6.45) is 2.53. The first-order chi connectivity index (χ1) is 15.6. The molecule has 2 rings (SSSR count). The van der Waals surface area contributed by atoms with Gasteiger partial charge in [-0.3, -0.25) is 9.59 Å². The van der Waals surface area contributed by atoms with E-state index in [1.807, 2.05) is 0 Å². The maximum absolute atomic E-state index is 12.8. The highest BCUT2D eigenvalue weighted by Crippen LogP contribution is 2.31. The van der Waals surface area contributed by atoms with Gasteiger partial charge in [0.15, 0.2) is 5.78 Å². The van der Waals surface area contributed by atoms with Crippen molar-refractivity contribution in [3.05, 3.63) is 41.5 Å². The Morgan fingerprint density at radius 1 is 1.21 bits per heavy atom. The van der Waals surface area contributed by atoms with Crippen LogP contribution >= 0.6 is 0 Å². The predicted octanol–water partition coefficient (Wildman–Crippen LogP) is 1.74. The average molecular weight is 462 g/mol. The number of carbonyl (C=O) groups excluding carboxylic acids is 3. The first-order valence-electron chi connectivity index (χ1n) is 10.8. The molecule has 4 atom stereocenters. The van der Waals surface area contributed by atoms with Gasteiger partial charge in [0.25, 0.3) is 0 Å². The van der Waals surface area contributed by atoms with Crippen molar-refractivity contribution < 1.29 is 39.2 Å². The highest BCUT2D eigenvalue weighted by molar-refractivity contribution is 5.97. The fourth-order valence-corrected chi connectivity index (χ4v) is 3.08. The number of hydrogen-bond acceptors (Lipinski definition) is 8. The standard InChI is InChI=1S/C24H31NO8/c1-14-8-9-20(28)23(30)19(27)7-4-6-17-12-18(32-11-5-10-25-16(3)26)13-21(29)22(17)24(31)33-15(14)2/h4,6,8-9,12-15,19,23,27,29-30H,5,7,10-11H2,1-3H3,(H,25,26)/b6-4+,9-8-/t14-,15?,19?,23?/m1/s1. The van der Waals surface area contributed by atoms with E-state index in [1.54, 1.807) is 19.9 Å². The Morgan fingerprint density at radius 3 is 2.64 bits per heavy atom. The molecule has 1 aromatic rings. The molecule has 1 aliphatic heterocycles. The Bertz CT molecular complexity index is 923. The van der Waals surface area contributed by atoms with Crippen LogP contribution in [0, 0.1) is 5.92 Å². The number of cyclic esters (lactones) is 1. The van der Waals surface area contributed by atoms with E-state index in [-0.39, 0.29) is 41.7 Å². The number of carbonyl (C=O) groups is 3. The number of phenolic OH excluding ortho intramolecular Hbond substituents is 1. The molecule has 0 bridgehead atoms. The molecule has 3 unspecified atom stereocenters. The van der Waals surface area contributed by atoms with Gasteiger partial charge in [0.2, 0.25) is 5.91 Å². The molecule has 0 aromatic heterocycles. The van der Waals surface area contributed by atoms with Crippen LogP contribution < -0.4 is 10.1 Å². The second-order valence-electron chi connectivity index (χ2n) is 7.97. The van der Waals surface area contributed by atoms with Gasteiger partial charge in [-0.25, -0.2) is 4.79 Å². The number of phenols is 1. The number of rotatable bonds is 5. The van der Waals surface area contributed by atoms with Crippen LogP contribution in [0.5, 0.6) is 11.5 Å². The predicted molar refractivity (Wildman–Crippen MR) is 121 cm³/mol. The van der Waals surface area contributed by atoms with Crippen LogP contribution in [0.4, 0.5) is 0 Å². The lowest BCUT2D eigenvalue weighted by Crippen LogP contribution is -2.32. The van der Waals surface area contributed by atoms with E-state index >= 15 is 0 Å². The Balaban J connectivity index is 2.32. The van der Waals surface area contributed by atoms with Crippen LogP contribution in [0.15, 0.2) is 30.4 Å². The van der Waals surface area contributed by atoms with Crippen molar-refractivity contribution in [2.24, 2.45) is 5.92 Å². The Labute approximate surface area is 192 Å². The van der Waals surface area contributed by atoms with Crippen LogP contribution in [0.3, 0.4) is 0 Å². The van der Waals surface area contributed by atoms with Crippen molar-refractivity contribution in [2.45, 2.75) is 51.9 Å². The summed E-state index contributed by atoms with van der Waals surface area (Å²) < 4.78 is 11.1. The number of aliphatic hydroxyl groups excluding tert-OH is 2. The second-order valence-corrected chi connectivity index (χ2v) is 7.97. The van der Waals surface area contributed by atoms with E-state index in [0.29, 0.717) is 18.7 Å². The number of esters is 1. The summed E-state index contributed by atoms with van der Waals surface area (Å²) in [6.45, 7) is 5.49. The monoisotopic (exact) mass is 461 g/mol. The topological polar surface area (TPSA) is 142 Å². The number of fused-ring (bicyclic) bond motifs is 1. The highest BCUT2D eigenvalue weighted by Gasteiger charge is 2.25. The van der Waals surface area contributed by atoms with Gasteiger partial charge in [0.1, 0.15) is 29.3 Å². The molecule has 1 amide bonds. The summed E-state index contributed by atoms with van der Waals surface area (Å²) in [7, 11) is 0. The third-order valence-corrected chi connectivity index (χ3v) is 5.22. The summed E-state index contributed by atoms with van der Waals surface area (Å²) in [5.74, 6) is -1.94. The zero-order valence-corrected chi connectivity index (χ0v) is 19.0. The number of benzene rings is 1. The van der Waals surface area contributed by atoms with Crippen LogP contribution in [0.25, 0.3) is 6.08 Å². The minimum absolute atomic E-state index is 0.0657. The molecular formula is C24H31NO8. The van der Waals surface area contributed by atoms with E-state index in [4.69, 9.17) is 9.47 Å². The number of ether oxygens (including phenoxy) is 2. The van der Waals surface area contributed by atoms with Gasteiger partial charge in [-0.05, 0) is 37.5 Å². The van der Waals surface area contributed by atoms with E-state index in [0.717, 1.165) is 0 Å². The molecule has 1 aromatic carbocycles. The quantitative estimate of drug-likeness (QED) is 0.384. The molecule has 0 aliphatic carbocycles. The number of aliphatic hydroxyl groups is 2. The van der Waals surface area contributed by atoms with E-state index < -0.39 is 30.1 Å². The second kappa shape index (κ2) is 12.2. The zero-order valence-electron chi connectivity index (χ0n) is 19.0. The molecule has 0 spiro atoms. The summed E-state index contributed by atoms with van der Waals surface area (Å²) >= 11 is 0. The molecule has 4 N–H and O–H groups in total. The molecule has 0 saturated carbocycles. The van der Waals surface area contributed by atoms with Crippen molar-refractivity contribution >= 4 is 23.7 Å². The molecular weight excluding hydrogens is 430 g/mol. The lowest BCUT2D eigenvalue weighted by Gasteiger charge is -2.20. The van der Waals surface area contributed by atoms with E-state index in [1.165, 1.54) is 37.3 Å². The average Bonchev–Trinajstić information content (AvgIpc) is 2.75. The van der Waals surface area contributed by atoms with Crippen molar-refractivity contribution in [2.75, 3.05) is 13.2 Å². The van der Waals surface area contributed by atoms with Crippen molar-refractivity contribution in [3.63, 3.8) is 0 Å². The highest BCUT2D eigenvalue weighted by atomic mass is 16.5. The number of hydrogen-bond donors (Lipinski definition) is 4. The number of amides is 1. The number of ketones is 1. The molecule has 33 heavy (non-hydrogen) atoms. The molecule has 9 heteroatoms. The van der Waals surface area contributed by atoms with Crippen molar-refractivity contribution in [1.82, 2.24) is 5.32 Å². The SMILES string of the molecule is CC(=O)NCCCOc1cc(O)c2c(c1)/C=C/CC(O)C(O)C(=O)/C=C\[C@@H](C)C(C)OC2=O. The molecule has 1 heterocycles. The fourth-order valence-electron chi connectivity index (χ4n) is 3.08. The summed E-state index contributed by atoms with van der Waals surface area (Å²) in [5.41, 5.74) is 0.223. The van der Waals surface area contributed by atoms with Gasteiger partial charge >= 0.3 is 5.97 Å². The smallest absolute Gasteiger partial charge is 0.342 e. The number of nitrogens with one attached hydrogen (secondary N) is 1. The maximum atomic E-state index is 12.8. The first-order valence-corrected chi connectivity index (χ1v) is 10.8. The van der Waals surface area contributed by atoms with Crippen LogP contribution in [-0.4, -0.2) is 64.4 Å². The first kappa shape index (κ1) is 26.1. The Hall–Kier alpha value is -3.17. The summed E-state index contributed by atoms with van der Waals surface area (Å²) in [6, 6.07) is 2.85. The lowest BCUT2D eigenvalue weighted by atomic mass is 9.99. The van der Waals surface area contributed by atoms with Gasteiger partial charge < -0.3 is 30.1 Å². The minimum Gasteiger partial charge on any atom is -0.507 e. The lowest BCUT2D eigenvalue weighted by molar-refractivity contribution is -0.127. The van der Waals surface area contributed by atoms with E-state index in [2.05, 4.69) is 5.32 Å². The maximum Gasteiger partial charge on any atom is 0.342 e. The van der Waals surface area contributed by atoms with Gasteiger partial charge in [-0.15, -0.1) is 0 Å². The van der Waals surface area contributed by atoms with Gasteiger partial charge in [0, 0.05) is 25.5 Å². The normalized spacial score (nSPS) is 25.8. The third kappa shape index (κ3) is 7.73. The van der Waals surface area contributed by atoms with Crippen LogP contribution in [0.2, 0.25) is 0 Å². The molecule has 9 nitrogen and oxygen atoms in total. The van der Waals surface area contributed by atoms with Crippen molar-refractivity contribution in [1.29, 1.82) is 0 Å². The molecule has 1 aliphatic rings. The largest absolute Gasteiger partial charge is 0.507 e. The Morgan fingerprint density at radius 2 is 1.94 bits per heavy atom. The summed E-state index contributed by atoms with van der Waals surface area (Å²) in [5, 5.41) is 33.4. The van der Waals surface area contributed by atoms with Gasteiger partial charge in [-0.2, -0.15) is 0 Å². The fraction of sp³-hybridized carbons (Fsp3) is 0.458. The molecule has 180 valence electrons. The van der Waals surface area contributed by atoms with Crippen molar-refractivity contribution in [3.8, 4) is 11.5 Å². The molecule has 0 saturated heterocycles.